The second-order valence-electron chi connectivity index (χ2n) is 6.97. The summed E-state index contributed by atoms with van der Waals surface area (Å²) in [4.78, 5) is 29.0. The van der Waals surface area contributed by atoms with E-state index in [1.807, 2.05) is 24.4 Å². The zero-order valence-corrected chi connectivity index (χ0v) is 16.6. The van der Waals surface area contributed by atoms with Crippen molar-refractivity contribution in [2.45, 2.75) is 38.6 Å². The van der Waals surface area contributed by atoms with Crippen LogP contribution in [0.4, 0.5) is 11.4 Å². The molecule has 2 heterocycles. The summed E-state index contributed by atoms with van der Waals surface area (Å²) in [5.41, 5.74) is 0.985. The number of nitro groups is 1. The molecular formula is C20H25N3O3S. The second-order valence-corrected chi connectivity index (χ2v) is 7.95. The molecule has 1 fully saturated rings. The molecule has 0 unspecified atom stereocenters. The summed E-state index contributed by atoms with van der Waals surface area (Å²) in [7, 11) is 1.74. The summed E-state index contributed by atoms with van der Waals surface area (Å²) >= 11 is 1.59. The van der Waals surface area contributed by atoms with Crippen molar-refractivity contribution in [1.29, 1.82) is 0 Å². The average Bonchev–Trinajstić information content (AvgIpc) is 3.08. The number of hydrogen-bond donors (Lipinski definition) is 0. The highest BCUT2D eigenvalue weighted by atomic mass is 32.1. The van der Waals surface area contributed by atoms with Gasteiger partial charge in [-0.25, -0.2) is 0 Å². The van der Waals surface area contributed by atoms with Crippen LogP contribution in [0.25, 0.3) is 0 Å². The van der Waals surface area contributed by atoms with Gasteiger partial charge in [0.1, 0.15) is 5.69 Å². The highest BCUT2D eigenvalue weighted by Crippen LogP contribution is 2.32. The molecular weight excluding hydrogens is 362 g/mol. The lowest BCUT2D eigenvalue weighted by Gasteiger charge is -2.25. The van der Waals surface area contributed by atoms with Crippen LogP contribution in [0.1, 0.15) is 53.9 Å². The standard InChI is InChI=1S/C20H25N3O3S/c1-15(19-8-7-13-27-19)21(2)20(24)16-9-10-17(18(14-16)23(25)26)22-11-5-3-4-6-12-22/h7-10,13-15H,3-6,11-12H2,1-2H3/t15-/m1/s1. The summed E-state index contributed by atoms with van der Waals surface area (Å²) in [5.74, 6) is -0.207. The minimum atomic E-state index is -0.375. The van der Waals surface area contributed by atoms with E-state index in [2.05, 4.69) is 4.90 Å². The molecule has 1 saturated heterocycles. The van der Waals surface area contributed by atoms with Gasteiger partial charge in [0.2, 0.25) is 0 Å². The lowest BCUT2D eigenvalue weighted by Crippen LogP contribution is -2.29. The molecule has 0 saturated carbocycles. The fourth-order valence-corrected chi connectivity index (χ4v) is 4.31. The Labute approximate surface area is 163 Å². The fraction of sp³-hybridized carbons (Fsp3) is 0.450. The van der Waals surface area contributed by atoms with Gasteiger partial charge in [0, 0.05) is 36.6 Å². The van der Waals surface area contributed by atoms with Gasteiger partial charge in [-0.05, 0) is 43.3 Å². The quantitative estimate of drug-likeness (QED) is 0.542. The van der Waals surface area contributed by atoms with Crippen LogP contribution in [0.2, 0.25) is 0 Å². The van der Waals surface area contributed by atoms with Gasteiger partial charge in [0.15, 0.2) is 0 Å². The molecule has 2 aromatic rings. The van der Waals surface area contributed by atoms with E-state index in [1.165, 1.54) is 6.07 Å². The van der Waals surface area contributed by atoms with Crippen LogP contribution in [0.15, 0.2) is 35.7 Å². The van der Waals surface area contributed by atoms with Crippen molar-refractivity contribution < 1.29 is 9.72 Å². The third kappa shape index (κ3) is 4.30. The largest absolute Gasteiger partial charge is 0.366 e. The van der Waals surface area contributed by atoms with Crippen LogP contribution in [-0.2, 0) is 0 Å². The SMILES string of the molecule is C[C@H](c1cccs1)N(C)C(=O)c1ccc(N2CCCCCC2)c([N+](=O)[O-])c1. The van der Waals surface area contributed by atoms with Gasteiger partial charge in [-0.1, -0.05) is 18.9 Å². The van der Waals surface area contributed by atoms with Crippen LogP contribution in [-0.4, -0.2) is 35.9 Å². The highest BCUT2D eigenvalue weighted by Gasteiger charge is 2.25. The highest BCUT2D eigenvalue weighted by molar-refractivity contribution is 7.10. The van der Waals surface area contributed by atoms with E-state index in [1.54, 1.807) is 35.4 Å². The molecule has 0 bridgehead atoms. The van der Waals surface area contributed by atoms with Gasteiger partial charge in [-0.2, -0.15) is 0 Å². The van der Waals surface area contributed by atoms with E-state index in [9.17, 15) is 14.9 Å². The smallest absolute Gasteiger partial charge is 0.293 e. The Hall–Kier alpha value is -2.41. The molecule has 6 nitrogen and oxygen atoms in total. The fourth-order valence-electron chi connectivity index (χ4n) is 3.48. The molecule has 1 aliphatic rings. The lowest BCUT2D eigenvalue weighted by atomic mass is 10.1. The molecule has 144 valence electrons. The molecule has 0 radical (unpaired) electrons. The Bertz CT molecular complexity index is 799. The Balaban J connectivity index is 1.86. The van der Waals surface area contributed by atoms with E-state index < -0.39 is 0 Å². The maximum absolute atomic E-state index is 12.9. The number of thiophene rings is 1. The predicted molar refractivity (Wildman–Crippen MR) is 109 cm³/mol. The number of carbonyl (C=O) groups excluding carboxylic acids is 1. The third-order valence-electron chi connectivity index (χ3n) is 5.22. The van der Waals surface area contributed by atoms with E-state index in [0.717, 1.165) is 43.6 Å². The number of amides is 1. The van der Waals surface area contributed by atoms with Gasteiger partial charge < -0.3 is 9.80 Å². The molecule has 0 N–H and O–H groups in total. The van der Waals surface area contributed by atoms with E-state index in [4.69, 9.17) is 0 Å². The van der Waals surface area contributed by atoms with Crippen molar-refractivity contribution >= 4 is 28.6 Å². The summed E-state index contributed by atoms with van der Waals surface area (Å²) in [6.45, 7) is 3.61. The molecule has 3 rings (SSSR count). The summed E-state index contributed by atoms with van der Waals surface area (Å²) in [6.07, 6.45) is 4.40. The Kier molecular flexibility index (Phi) is 6.11. The van der Waals surface area contributed by atoms with Crippen LogP contribution < -0.4 is 4.90 Å². The number of rotatable bonds is 5. The number of hydrogen-bond acceptors (Lipinski definition) is 5. The van der Waals surface area contributed by atoms with Gasteiger partial charge in [0.25, 0.3) is 11.6 Å². The minimum Gasteiger partial charge on any atom is -0.366 e. The topological polar surface area (TPSA) is 66.7 Å². The zero-order valence-electron chi connectivity index (χ0n) is 15.8. The van der Waals surface area contributed by atoms with Gasteiger partial charge >= 0.3 is 0 Å². The minimum absolute atomic E-state index is 0.0138. The van der Waals surface area contributed by atoms with Crippen LogP contribution in [0, 0.1) is 10.1 Å². The number of anilines is 1. The number of nitrogens with zero attached hydrogens (tertiary/aromatic N) is 3. The first-order valence-corrected chi connectivity index (χ1v) is 10.2. The van der Waals surface area contributed by atoms with E-state index in [0.29, 0.717) is 11.3 Å². The average molecular weight is 388 g/mol. The van der Waals surface area contributed by atoms with Crippen molar-refractivity contribution in [2.24, 2.45) is 0 Å². The molecule has 0 aliphatic carbocycles. The monoisotopic (exact) mass is 387 g/mol. The van der Waals surface area contributed by atoms with Crippen molar-refractivity contribution in [3.8, 4) is 0 Å². The zero-order chi connectivity index (χ0) is 19.4. The van der Waals surface area contributed by atoms with Gasteiger partial charge in [-0.3, -0.25) is 14.9 Å². The first kappa shape index (κ1) is 19.4. The van der Waals surface area contributed by atoms with E-state index in [-0.39, 0.29) is 22.6 Å². The third-order valence-corrected chi connectivity index (χ3v) is 6.26. The molecule has 27 heavy (non-hydrogen) atoms. The van der Waals surface area contributed by atoms with Crippen molar-refractivity contribution in [1.82, 2.24) is 4.90 Å². The normalized spacial score (nSPS) is 15.9. The van der Waals surface area contributed by atoms with Crippen molar-refractivity contribution in [3.05, 3.63) is 56.3 Å². The Morgan fingerprint density at radius 1 is 1.22 bits per heavy atom. The first-order chi connectivity index (χ1) is 13.0. The second kappa shape index (κ2) is 8.52. The summed E-state index contributed by atoms with van der Waals surface area (Å²) in [6, 6.07) is 8.75. The maximum atomic E-state index is 12.9. The maximum Gasteiger partial charge on any atom is 0.293 e. The Morgan fingerprint density at radius 2 is 1.93 bits per heavy atom. The first-order valence-electron chi connectivity index (χ1n) is 9.33. The molecule has 1 aromatic carbocycles. The Morgan fingerprint density at radius 3 is 2.52 bits per heavy atom. The van der Waals surface area contributed by atoms with Gasteiger partial charge in [0.05, 0.1) is 11.0 Å². The van der Waals surface area contributed by atoms with Crippen LogP contribution >= 0.6 is 11.3 Å². The molecule has 0 spiro atoms. The molecule has 1 aliphatic heterocycles. The van der Waals surface area contributed by atoms with Crippen molar-refractivity contribution in [3.63, 3.8) is 0 Å². The number of benzene rings is 1. The van der Waals surface area contributed by atoms with E-state index >= 15 is 0 Å². The lowest BCUT2D eigenvalue weighted by molar-refractivity contribution is -0.384. The molecule has 7 heteroatoms. The van der Waals surface area contributed by atoms with Crippen LogP contribution in [0.3, 0.4) is 0 Å². The molecule has 1 amide bonds. The number of carbonyl (C=O) groups is 1. The summed E-state index contributed by atoms with van der Waals surface area (Å²) in [5, 5.41) is 13.6. The van der Waals surface area contributed by atoms with Gasteiger partial charge in [-0.15, -0.1) is 11.3 Å². The summed E-state index contributed by atoms with van der Waals surface area (Å²) < 4.78 is 0. The number of nitro benzene ring substituents is 1. The molecule has 1 aromatic heterocycles. The van der Waals surface area contributed by atoms with Crippen molar-refractivity contribution in [2.75, 3.05) is 25.0 Å². The van der Waals surface area contributed by atoms with Crippen LogP contribution in [0.5, 0.6) is 0 Å². The molecule has 1 atom stereocenters. The predicted octanol–water partition coefficient (Wildman–Crippen LogP) is 4.87.